The lowest BCUT2D eigenvalue weighted by Gasteiger charge is -2.32. The zero-order valence-corrected chi connectivity index (χ0v) is 17.5. The van der Waals surface area contributed by atoms with Gasteiger partial charge in [-0.25, -0.2) is 0 Å². The van der Waals surface area contributed by atoms with Crippen molar-refractivity contribution in [1.29, 1.82) is 0 Å². The number of piperidine rings is 1. The van der Waals surface area contributed by atoms with E-state index in [2.05, 4.69) is 21.3 Å². The van der Waals surface area contributed by atoms with Gasteiger partial charge < -0.3 is 21.1 Å². The zero-order valence-electron chi connectivity index (χ0n) is 17.5. The highest BCUT2D eigenvalue weighted by atomic mass is 16.3. The van der Waals surface area contributed by atoms with Gasteiger partial charge in [-0.3, -0.25) is 9.78 Å². The van der Waals surface area contributed by atoms with Crippen LogP contribution in [0.15, 0.2) is 42.7 Å². The van der Waals surface area contributed by atoms with Crippen molar-refractivity contribution in [3.8, 4) is 5.75 Å². The van der Waals surface area contributed by atoms with Gasteiger partial charge in [0.2, 0.25) is 0 Å². The Balaban J connectivity index is 1.11. The number of carbonyl (C=O) groups is 1. The Bertz CT molecular complexity index is 850. The van der Waals surface area contributed by atoms with Gasteiger partial charge in [0.05, 0.1) is 5.56 Å². The highest BCUT2D eigenvalue weighted by molar-refractivity contribution is 5.95. The zero-order chi connectivity index (χ0) is 20.9. The van der Waals surface area contributed by atoms with Gasteiger partial charge in [-0.05, 0) is 93.5 Å². The van der Waals surface area contributed by atoms with E-state index in [-0.39, 0.29) is 11.3 Å². The van der Waals surface area contributed by atoms with Crippen molar-refractivity contribution in [1.82, 2.24) is 15.2 Å². The molecular weight excluding hydrogens is 376 g/mol. The Morgan fingerprint density at radius 2 is 2.10 bits per heavy atom. The first-order valence-electron chi connectivity index (χ1n) is 11.1. The van der Waals surface area contributed by atoms with Crippen LogP contribution in [0.1, 0.15) is 53.1 Å². The number of carbonyl (C=O) groups excluding carboxylic acids is 1. The number of phenols is 1. The summed E-state index contributed by atoms with van der Waals surface area (Å²) >= 11 is 0. The third-order valence-corrected chi connectivity index (χ3v) is 6.55. The molecule has 4 N–H and O–H groups in total. The number of hydrogen-bond acceptors (Lipinski definition) is 5. The van der Waals surface area contributed by atoms with Crippen LogP contribution >= 0.6 is 0 Å². The third-order valence-electron chi connectivity index (χ3n) is 6.55. The molecule has 2 aliphatic rings. The van der Waals surface area contributed by atoms with Crippen molar-refractivity contribution in [3.05, 3.63) is 59.4 Å². The summed E-state index contributed by atoms with van der Waals surface area (Å²) in [6.07, 6.45) is 9.53. The van der Waals surface area contributed by atoms with Gasteiger partial charge in [0.25, 0.3) is 5.91 Å². The Kier molecular flexibility index (Phi) is 6.65. The molecule has 1 amide bonds. The number of aromatic hydroxyl groups is 1. The largest absolute Gasteiger partial charge is 0.507 e. The molecule has 2 aromatic rings. The fourth-order valence-electron chi connectivity index (χ4n) is 4.56. The maximum Gasteiger partial charge on any atom is 0.252 e. The molecule has 2 unspecified atom stereocenters. The highest BCUT2D eigenvalue weighted by Crippen LogP contribution is 2.40. The molecule has 2 atom stereocenters. The van der Waals surface area contributed by atoms with Crippen molar-refractivity contribution in [2.24, 2.45) is 11.7 Å². The van der Waals surface area contributed by atoms with Crippen LogP contribution in [0.4, 0.5) is 0 Å². The SMILES string of the molecule is NC(=O)c1ccc(CCCN2CCC(CNC3CC3c3cccnc3)CC2)cc1O. The summed E-state index contributed by atoms with van der Waals surface area (Å²) in [5, 5.41) is 13.7. The van der Waals surface area contributed by atoms with Crippen molar-refractivity contribution in [2.45, 2.75) is 44.1 Å². The number of pyridine rings is 1. The van der Waals surface area contributed by atoms with Gasteiger partial charge in [0, 0.05) is 24.4 Å². The van der Waals surface area contributed by atoms with E-state index in [0.717, 1.165) is 50.5 Å². The van der Waals surface area contributed by atoms with E-state index < -0.39 is 5.91 Å². The molecule has 1 aromatic carbocycles. The number of primary amides is 1. The van der Waals surface area contributed by atoms with Crippen LogP contribution in [0.25, 0.3) is 0 Å². The van der Waals surface area contributed by atoms with Gasteiger partial charge in [0.15, 0.2) is 0 Å². The van der Waals surface area contributed by atoms with E-state index in [1.165, 1.54) is 24.8 Å². The number of hydrogen-bond donors (Lipinski definition) is 3. The molecule has 160 valence electrons. The number of benzene rings is 1. The molecule has 1 aliphatic carbocycles. The molecule has 1 saturated carbocycles. The van der Waals surface area contributed by atoms with Crippen LogP contribution in [0.5, 0.6) is 5.75 Å². The highest BCUT2D eigenvalue weighted by Gasteiger charge is 2.38. The second-order valence-electron chi connectivity index (χ2n) is 8.75. The van der Waals surface area contributed by atoms with Crippen molar-refractivity contribution >= 4 is 5.91 Å². The summed E-state index contributed by atoms with van der Waals surface area (Å²) in [4.78, 5) is 18.0. The number of rotatable bonds is 9. The van der Waals surface area contributed by atoms with Crippen LogP contribution in [0, 0.1) is 5.92 Å². The van der Waals surface area contributed by atoms with Crippen molar-refractivity contribution < 1.29 is 9.90 Å². The first-order valence-corrected chi connectivity index (χ1v) is 11.1. The van der Waals surface area contributed by atoms with Gasteiger partial charge >= 0.3 is 0 Å². The summed E-state index contributed by atoms with van der Waals surface area (Å²) < 4.78 is 0. The average molecular weight is 409 g/mol. The van der Waals surface area contributed by atoms with E-state index in [9.17, 15) is 9.90 Å². The van der Waals surface area contributed by atoms with Crippen LogP contribution < -0.4 is 11.1 Å². The summed E-state index contributed by atoms with van der Waals surface area (Å²) in [7, 11) is 0. The average Bonchev–Trinajstić information content (AvgIpc) is 3.53. The summed E-state index contributed by atoms with van der Waals surface area (Å²) in [5.74, 6) is 0.811. The molecule has 4 rings (SSSR count). The summed E-state index contributed by atoms with van der Waals surface area (Å²) in [5.41, 5.74) is 7.83. The standard InChI is InChI=1S/C24H32N4O2/c25-24(30)20-6-5-17(13-23(20)29)3-2-10-28-11-7-18(8-12-28)15-27-22-14-21(22)19-4-1-9-26-16-19/h1,4-6,9,13,16,18,21-22,27,29H,2-3,7-8,10-12,14-15H2,(H2,25,30). The van der Waals surface area contributed by atoms with Crippen molar-refractivity contribution in [3.63, 3.8) is 0 Å². The second-order valence-corrected chi connectivity index (χ2v) is 8.75. The monoisotopic (exact) mass is 408 g/mol. The van der Waals surface area contributed by atoms with Gasteiger partial charge in [-0.15, -0.1) is 0 Å². The molecule has 0 bridgehead atoms. The lowest BCUT2D eigenvalue weighted by molar-refractivity contribution is 0.0997. The first kappa shape index (κ1) is 20.8. The minimum absolute atomic E-state index is 0.0188. The molecule has 6 nitrogen and oxygen atoms in total. The predicted octanol–water partition coefficient (Wildman–Crippen LogP) is 2.68. The van der Waals surface area contributed by atoms with E-state index in [1.54, 1.807) is 12.1 Å². The minimum Gasteiger partial charge on any atom is -0.507 e. The molecule has 30 heavy (non-hydrogen) atoms. The van der Waals surface area contributed by atoms with E-state index in [4.69, 9.17) is 5.73 Å². The quantitative estimate of drug-likeness (QED) is 0.593. The molecular formula is C24H32N4O2. The Hall–Kier alpha value is -2.44. The van der Waals surface area contributed by atoms with Crippen LogP contribution in [-0.2, 0) is 6.42 Å². The Morgan fingerprint density at radius 3 is 2.80 bits per heavy atom. The number of nitrogens with zero attached hydrogens (tertiary/aromatic N) is 2. The summed E-state index contributed by atoms with van der Waals surface area (Å²) in [6.45, 7) is 4.52. The predicted molar refractivity (Wildman–Crippen MR) is 117 cm³/mol. The number of amides is 1. The second kappa shape index (κ2) is 9.58. The van der Waals surface area contributed by atoms with Crippen LogP contribution in [0.3, 0.4) is 0 Å². The first-order chi connectivity index (χ1) is 14.6. The maximum absolute atomic E-state index is 11.2. The molecule has 6 heteroatoms. The lowest BCUT2D eigenvalue weighted by Crippen LogP contribution is -2.38. The van der Waals surface area contributed by atoms with E-state index in [1.807, 2.05) is 24.5 Å². The van der Waals surface area contributed by atoms with Crippen LogP contribution in [0.2, 0.25) is 0 Å². The maximum atomic E-state index is 11.2. The normalized spacial score (nSPS) is 22.1. The minimum atomic E-state index is -0.592. The Labute approximate surface area is 178 Å². The van der Waals surface area contributed by atoms with Crippen LogP contribution in [-0.4, -0.2) is 53.1 Å². The van der Waals surface area contributed by atoms with Gasteiger partial charge in [0.1, 0.15) is 5.75 Å². The molecule has 1 saturated heterocycles. The van der Waals surface area contributed by atoms with E-state index >= 15 is 0 Å². The molecule has 0 radical (unpaired) electrons. The lowest BCUT2D eigenvalue weighted by atomic mass is 9.96. The van der Waals surface area contributed by atoms with E-state index in [0.29, 0.717) is 12.0 Å². The number of nitrogens with one attached hydrogen (secondary N) is 1. The third kappa shape index (κ3) is 5.37. The molecule has 2 fully saturated rings. The fraction of sp³-hybridized carbons (Fsp3) is 0.500. The van der Waals surface area contributed by atoms with Gasteiger partial charge in [-0.2, -0.15) is 0 Å². The topological polar surface area (TPSA) is 91.5 Å². The molecule has 2 heterocycles. The summed E-state index contributed by atoms with van der Waals surface area (Å²) in [6, 6.07) is 10.0. The Morgan fingerprint density at radius 1 is 1.27 bits per heavy atom. The number of aryl methyl sites for hydroxylation is 1. The van der Waals surface area contributed by atoms with Gasteiger partial charge in [-0.1, -0.05) is 12.1 Å². The molecule has 0 spiro atoms. The molecule has 1 aliphatic heterocycles. The number of aromatic nitrogens is 1. The smallest absolute Gasteiger partial charge is 0.252 e. The number of nitrogens with two attached hydrogens (primary N) is 1. The molecule has 1 aromatic heterocycles. The number of likely N-dealkylation sites (tertiary alicyclic amines) is 1. The van der Waals surface area contributed by atoms with Crippen molar-refractivity contribution in [2.75, 3.05) is 26.2 Å². The fourth-order valence-corrected chi connectivity index (χ4v) is 4.56.